The van der Waals surface area contributed by atoms with Crippen molar-refractivity contribution in [3.8, 4) is 0 Å². The SMILES string of the molecule is CCC1CCCN(C2(CN)CCC2)CC1. The average Bonchev–Trinajstić information content (AvgIpc) is 2.43. The molecule has 2 nitrogen and oxygen atoms in total. The van der Waals surface area contributed by atoms with E-state index in [1.54, 1.807) is 0 Å². The van der Waals surface area contributed by atoms with E-state index in [1.807, 2.05) is 0 Å². The van der Waals surface area contributed by atoms with Crippen molar-refractivity contribution in [1.29, 1.82) is 0 Å². The lowest BCUT2D eigenvalue weighted by atomic mass is 9.75. The smallest absolute Gasteiger partial charge is 0.0331 e. The van der Waals surface area contributed by atoms with Gasteiger partial charge in [-0.05, 0) is 57.5 Å². The molecule has 0 amide bonds. The summed E-state index contributed by atoms with van der Waals surface area (Å²) in [6, 6.07) is 0. The topological polar surface area (TPSA) is 29.3 Å². The first kappa shape index (κ1) is 11.4. The summed E-state index contributed by atoms with van der Waals surface area (Å²) in [6.07, 6.45) is 9.68. The van der Waals surface area contributed by atoms with E-state index in [2.05, 4.69) is 11.8 Å². The molecule has 0 radical (unpaired) electrons. The fraction of sp³-hybridized carbons (Fsp3) is 1.00. The highest BCUT2D eigenvalue weighted by Gasteiger charge is 2.41. The fourth-order valence-electron chi connectivity index (χ4n) is 3.28. The van der Waals surface area contributed by atoms with Gasteiger partial charge < -0.3 is 5.73 Å². The molecule has 2 heteroatoms. The molecule has 2 rings (SSSR count). The molecule has 2 aliphatic rings. The fourth-order valence-corrected chi connectivity index (χ4v) is 3.28. The third-order valence-electron chi connectivity index (χ3n) is 4.76. The van der Waals surface area contributed by atoms with Crippen molar-refractivity contribution in [2.75, 3.05) is 19.6 Å². The van der Waals surface area contributed by atoms with Gasteiger partial charge in [0.15, 0.2) is 0 Å². The van der Waals surface area contributed by atoms with Gasteiger partial charge in [0.1, 0.15) is 0 Å². The number of hydrogen-bond donors (Lipinski definition) is 1. The van der Waals surface area contributed by atoms with E-state index in [0.29, 0.717) is 5.54 Å². The molecular formula is C13H26N2. The van der Waals surface area contributed by atoms with Crippen molar-refractivity contribution in [2.45, 2.75) is 57.4 Å². The van der Waals surface area contributed by atoms with Crippen LogP contribution in [0, 0.1) is 5.92 Å². The predicted octanol–water partition coefficient (Wildman–Crippen LogP) is 2.38. The van der Waals surface area contributed by atoms with Crippen LogP contribution < -0.4 is 5.73 Å². The molecule has 0 aromatic rings. The van der Waals surface area contributed by atoms with Gasteiger partial charge >= 0.3 is 0 Å². The predicted molar refractivity (Wildman–Crippen MR) is 64.8 cm³/mol. The number of nitrogens with zero attached hydrogens (tertiary/aromatic N) is 1. The molecule has 1 saturated carbocycles. The van der Waals surface area contributed by atoms with E-state index in [1.165, 1.54) is 58.0 Å². The zero-order chi connectivity index (χ0) is 10.7. The maximum absolute atomic E-state index is 5.98. The Kier molecular flexibility index (Phi) is 3.68. The molecule has 2 fully saturated rings. The van der Waals surface area contributed by atoms with Crippen molar-refractivity contribution in [1.82, 2.24) is 4.90 Å². The standard InChI is InChI=1S/C13H26N2/c1-2-12-5-3-9-15(10-6-12)13(11-14)7-4-8-13/h12H,2-11,14H2,1H3. The summed E-state index contributed by atoms with van der Waals surface area (Å²) in [6.45, 7) is 5.82. The van der Waals surface area contributed by atoms with Crippen molar-refractivity contribution in [3.05, 3.63) is 0 Å². The van der Waals surface area contributed by atoms with Gasteiger partial charge in [-0.25, -0.2) is 0 Å². The molecule has 0 aromatic carbocycles. The summed E-state index contributed by atoms with van der Waals surface area (Å²) in [5.74, 6) is 0.977. The third kappa shape index (κ3) is 2.21. The molecule has 0 aromatic heterocycles. The maximum atomic E-state index is 5.98. The zero-order valence-corrected chi connectivity index (χ0v) is 10.2. The minimum absolute atomic E-state index is 0.419. The summed E-state index contributed by atoms with van der Waals surface area (Å²) < 4.78 is 0. The van der Waals surface area contributed by atoms with Gasteiger partial charge in [-0.3, -0.25) is 4.90 Å². The molecule has 2 N–H and O–H groups in total. The van der Waals surface area contributed by atoms with Crippen LogP contribution in [0.25, 0.3) is 0 Å². The normalized spacial score (nSPS) is 32.0. The molecular weight excluding hydrogens is 184 g/mol. The van der Waals surface area contributed by atoms with Crippen LogP contribution in [0.2, 0.25) is 0 Å². The largest absolute Gasteiger partial charge is 0.329 e. The lowest BCUT2D eigenvalue weighted by Crippen LogP contribution is -2.58. The third-order valence-corrected chi connectivity index (χ3v) is 4.76. The van der Waals surface area contributed by atoms with E-state index in [-0.39, 0.29) is 0 Å². The Morgan fingerprint density at radius 3 is 2.53 bits per heavy atom. The second-order valence-electron chi connectivity index (χ2n) is 5.47. The van der Waals surface area contributed by atoms with Crippen LogP contribution in [0.3, 0.4) is 0 Å². The average molecular weight is 210 g/mol. The van der Waals surface area contributed by atoms with Crippen LogP contribution in [0.4, 0.5) is 0 Å². The Balaban J connectivity index is 1.92. The summed E-state index contributed by atoms with van der Waals surface area (Å²) >= 11 is 0. The van der Waals surface area contributed by atoms with Gasteiger partial charge in [-0.15, -0.1) is 0 Å². The summed E-state index contributed by atoms with van der Waals surface area (Å²) in [5, 5.41) is 0. The highest BCUT2D eigenvalue weighted by molar-refractivity contribution is 4.99. The van der Waals surface area contributed by atoms with Gasteiger partial charge in [0.2, 0.25) is 0 Å². The van der Waals surface area contributed by atoms with Gasteiger partial charge in [0.05, 0.1) is 0 Å². The molecule has 1 heterocycles. The molecule has 1 aliphatic heterocycles. The van der Waals surface area contributed by atoms with Crippen LogP contribution in [-0.4, -0.2) is 30.1 Å². The van der Waals surface area contributed by atoms with E-state index in [9.17, 15) is 0 Å². The van der Waals surface area contributed by atoms with Gasteiger partial charge in [-0.1, -0.05) is 13.3 Å². The number of nitrogens with two attached hydrogens (primary N) is 1. The number of hydrogen-bond acceptors (Lipinski definition) is 2. The lowest BCUT2D eigenvalue weighted by Gasteiger charge is -2.49. The quantitative estimate of drug-likeness (QED) is 0.775. The molecule has 88 valence electrons. The van der Waals surface area contributed by atoms with Crippen molar-refractivity contribution < 1.29 is 0 Å². The first-order valence-electron chi connectivity index (χ1n) is 6.76. The molecule has 1 atom stereocenters. The lowest BCUT2D eigenvalue weighted by molar-refractivity contribution is 0.0254. The zero-order valence-electron chi connectivity index (χ0n) is 10.2. The van der Waals surface area contributed by atoms with E-state index < -0.39 is 0 Å². The molecule has 15 heavy (non-hydrogen) atoms. The number of likely N-dealkylation sites (tertiary alicyclic amines) is 1. The summed E-state index contributed by atoms with van der Waals surface area (Å²) in [7, 11) is 0. The minimum Gasteiger partial charge on any atom is -0.329 e. The van der Waals surface area contributed by atoms with Crippen LogP contribution in [0.15, 0.2) is 0 Å². The minimum atomic E-state index is 0.419. The van der Waals surface area contributed by atoms with Crippen molar-refractivity contribution in [2.24, 2.45) is 11.7 Å². The molecule has 1 saturated heterocycles. The highest BCUT2D eigenvalue weighted by Crippen LogP contribution is 2.38. The van der Waals surface area contributed by atoms with Gasteiger partial charge in [-0.2, -0.15) is 0 Å². The second-order valence-corrected chi connectivity index (χ2v) is 5.47. The highest BCUT2D eigenvalue weighted by atomic mass is 15.2. The first-order chi connectivity index (χ1) is 7.30. The van der Waals surface area contributed by atoms with Gasteiger partial charge in [0.25, 0.3) is 0 Å². The Morgan fingerprint density at radius 2 is 2.00 bits per heavy atom. The summed E-state index contributed by atoms with van der Waals surface area (Å²) in [4.78, 5) is 2.71. The number of rotatable bonds is 3. The van der Waals surface area contributed by atoms with Crippen LogP contribution in [0.5, 0.6) is 0 Å². The Hall–Kier alpha value is -0.0800. The van der Waals surface area contributed by atoms with E-state index in [4.69, 9.17) is 5.73 Å². The van der Waals surface area contributed by atoms with Crippen LogP contribution in [-0.2, 0) is 0 Å². The Labute approximate surface area is 94.2 Å². The summed E-state index contributed by atoms with van der Waals surface area (Å²) in [5.41, 5.74) is 6.40. The van der Waals surface area contributed by atoms with Crippen LogP contribution >= 0.6 is 0 Å². The Morgan fingerprint density at radius 1 is 1.20 bits per heavy atom. The monoisotopic (exact) mass is 210 g/mol. The van der Waals surface area contributed by atoms with Crippen LogP contribution in [0.1, 0.15) is 51.9 Å². The maximum Gasteiger partial charge on any atom is 0.0331 e. The molecule has 0 spiro atoms. The van der Waals surface area contributed by atoms with E-state index >= 15 is 0 Å². The molecule has 0 bridgehead atoms. The van der Waals surface area contributed by atoms with E-state index in [0.717, 1.165) is 12.5 Å². The van der Waals surface area contributed by atoms with Crippen molar-refractivity contribution >= 4 is 0 Å². The van der Waals surface area contributed by atoms with Crippen molar-refractivity contribution in [3.63, 3.8) is 0 Å². The molecule has 1 aliphatic carbocycles. The second kappa shape index (κ2) is 4.84. The van der Waals surface area contributed by atoms with Gasteiger partial charge in [0, 0.05) is 12.1 Å². The molecule has 1 unspecified atom stereocenters. The first-order valence-corrected chi connectivity index (χ1v) is 6.76. The Bertz CT molecular complexity index is 193.